The summed E-state index contributed by atoms with van der Waals surface area (Å²) >= 11 is 0. The number of aliphatic hydroxyl groups is 1. The Morgan fingerprint density at radius 1 is 1.39 bits per heavy atom. The van der Waals surface area contributed by atoms with E-state index in [0.29, 0.717) is 6.42 Å². The summed E-state index contributed by atoms with van der Waals surface area (Å²) in [6.07, 6.45) is 3.22. The lowest BCUT2D eigenvalue weighted by Gasteiger charge is -2.38. The van der Waals surface area contributed by atoms with E-state index in [2.05, 4.69) is 0 Å². The van der Waals surface area contributed by atoms with Gasteiger partial charge in [0.15, 0.2) is 0 Å². The molecule has 1 heterocycles. The van der Waals surface area contributed by atoms with E-state index in [9.17, 15) is 5.11 Å². The number of benzene rings is 1. The second-order valence-electron chi connectivity index (χ2n) is 5.15. The molecule has 1 N–H and O–H groups in total. The van der Waals surface area contributed by atoms with Crippen molar-refractivity contribution >= 4 is 0 Å². The molecule has 1 aromatic carbocycles. The van der Waals surface area contributed by atoms with Crippen molar-refractivity contribution in [3.05, 3.63) is 29.8 Å². The molecule has 0 saturated carbocycles. The third-order valence-electron chi connectivity index (χ3n) is 3.81. The molecule has 0 bridgehead atoms. The first kappa shape index (κ1) is 13.4. The molecule has 1 aliphatic heterocycles. The van der Waals surface area contributed by atoms with Crippen molar-refractivity contribution in [1.82, 2.24) is 0 Å². The van der Waals surface area contributed by atoms with Crippen LogP contribution in [0.25, 0.3) is 0 Å². The summed E-state index contributed by atoms with van der Waals surface area (Å²) in [7, 11) is 1.66. The highest BCUT2D eigenvalue weighted by Gasteiger charge is 2.35. The third kappa shape index (κ3) is 2.85. The van der Waals surface area contributed by atoms with Gasteiger partial charge >= 0.3 is 0 Å². The van der Waals surface area contributed by atoms with Gasteiger partial charge in [-0.15, -0.1) is 0 Å². The smallest absolute Gasteiger partial charge is 0.122 e. The van der Waals surface area contributed by atoms with Crippen LogP contribution in [-0.2, 0) is 11.2 Å². The van der Waals surface area contributed by atoms with E-state index in [1.54, 1.807) is 7.11 Å². The fraction of sp³-hybridized carbons (Fsp3) is 0.600. The van der Waals surface area contributed by atoms with E-state index in [1.807, 2.05) is 31.2 Å². The average Bonchev–Trinajstić information content (AvgIpc) is 2.40. The van der Waals surface area contributed by atoms with E-state index in [1.165, 1.54) is 0 Å². The molecular weight excluding hydrogens is 228 g/mol. The van der Waals surface area contributed by atoms with Gasteiger partial charge in [0, 0.05) is 13.0 Å². The SMILES string of the molecule is COc1ccccc1CC(O)C1(C)CCCCO1. The highest BCUT2D eigenvalue weighted by molar-refractivity contribution is 5.34. The van der Waals surface area contributed by atoms with Gasteiger partial charge in [0.1, 0.15) is 5.75 Å². The standard InChI is InChI=1S/C15H22O3/c1-15(9-5-6-10-18-15)14(16)11-12-7-3-4-8-13(12)17-2/h3-4,7-8,14,16H,5-6,9-11H2,1-2H3. The van der Waals surface area contributed by atoms with Crippen molar-refractivity contribution in [2.75, 3.05) is 13.7 Å². The zero-order valence-corrected chi connectivity index (χ0v) is 11.2. The monoisotopic (exact) mass is 250 g/mol. The summed E-state index contributed by atoms with van der Waals surface area (Å²) in [5.74, 6) is 0.830. The maximum absolute atomic E-state index is 10.4. The lowest BCUT2D eigenvalue weighted by atomic mass is 9.86. The summed E-state index contributed by atoms with van der Waals surface area (Å²) in [4.78, 5) is 0. The average molecular weight is 250 g/mol. The van der Waals surface area contributed by atoms with Crippen LogP contribution >= 0.6 is 0 Å². The second-order valence-corrected chi connectivity index (χ2v) is 5.15. The molecule has 100 valence electrons. The van der Waals surface area contributed by atoms with Crippen LogP contribution in [0.15, 0.2) is 24.3 Å². The Labute approximate surface area is 109 Å². The molecule has 1 aliphatic rings. The van der Waals surface area contributed by atoms with Crippen molar-refractivity contribution in [1.29, 1.82) is 0 Å². The first-order chi connectivity index (χ1) is 8.65. The summed E-state index contributed by atoms with van der Waals surface area (Å²) < 4.78 is 11.1. The van der Waals surface area contributed by atoms with Crippen LogP contribution in [0.5, 0.6) is 5.75 Å². The molecule has 1 fully saturated rings. The minimum atomic E-state index is -0.492. The summed E-state index contributed by atoms with van der Waals surface area (Å²) in [6, 6.07) is 7.82. The Balaban J connectivity index is 2.08. The minimum Gasteiger partial charge on any atom is -0.496 e. The molecule has 0 radical (unpaired) electrons. The van der Waals surface area contributed by atoms with Crippen molar-refractivity contribution in [2.45, 2.75) is 44.3 Å². The molecule has 2 atom stereocenters. The third-order valence-corrected chi connectivity index (χ3v) is 3.81. The van der Waals surface area contributed by atoms with Crippen LogP contribution in [0.2, 0.25) is 0 Å². The molecule has 3 heteroatoms. The second kappa shape index (κ2) is 5.72. The lowest BCUT2D eigenvalue weighted by Crippen LogP contribution is -2.45. The molecule has 0 amide bonds. The van der Waals surface area contributed by atoms with E-state index in [0.717, 1.165) is 37.2 Å². The molecular formula is C15H22O3. The fourth-order valence-electron chi connectivity index (χ4n) is 2.51. The quantitative estimate of drug-likeness (QED) is 0.892. The molecule has 1 saturated heterocycles. The van der Waals surface area contributed by atoms with Gasteiger partial charge in [0.25, 0.3) is 0 Å². The van der Waals surface area contributed by atoms with Gasteiger partial charge in [-0.2, -0.15) is 0 Å². The lowest BCUT2D eigenvalue weighted by molar-refractivity contribution is -0.135. The number of hydrogen-bond acceptors (Lipinski definition) is 3. The number of methoxy groups -OCH3 is 1. The molecule has 2 rings (SSSR count). The van der Waals surface area contributed by atoms with E-state index in [4.69, 9.17) is 9.47 Å². The molecule has 0 aromatic heterocycles. The van der Waals surface area contributed by atoms with Crippen LogP contribution in [-0.4, -0.2) is 30.5 Å². The topological polar surface area (TPSA) is 38.7 Å². The van der Waals surface area contributed by atoms with Gasteiger partial charge in [0.05, 0.1) is 18.8 Å². The van der Waals surface area contributed by atoms with E-state index >= 15 is 0 Å². The molecule has 1 aromatic rings. The Morgan fingerprint density at radius 3 is 2.83 bits per heavy atom. The van der Waals surface area contributed by atoms with Gasteiger partial charge in [-0.1, -0.05) is 18.2 Å². The molecule has 0 spiro atoms. The first-order valence-electron chi connectivity index (χ1n) is 6.59. The predicted molar refractivity (Wildman–Crippen MR) is 70.9 cm³/mol. The Kier molecular flexibility index (Phi) is 4.25. The number of rotatable bonds is 4. The highest BCUT2D eigenvalue weighted by atomic mass is 16.5. The largest absolute Gasteiger partial charge is 0.496 e. The van der Waals surface area contributed by atoms with E-state index in [-0.39, 0.29) is 0 Å². The Morgan fingerprint density at radius 2 is 2.17 bits per heavy atom. The predicted octanol–water partition coefficient (Wildman–Crippen LogP) is 2.56. The number of ether oxygens (including phenoxy) is 2. The maximum Gasteiger partial charge on any atom is 0.122 e. The molecule has 18 heavy (non-hydrogen) atoms. The Bertz CT molecular complexity index is 383. The van der Waals surface area contributed by atoms with Gasteiger partial charge in [-0.3, -0.25) is 0 Å². The van der Waals surface area contributed by atoms with Gasteiger partial charge in [-0.25, -0.2) is 0 Å². The zero-order valence-electron chi connectivity index (χ0n) is 11.2. The Hall–Kier alpha value is -1.06. The normalized spacial score (nSPS) is 25.7. The van der Waals surface area contributed by atoms with Crippen LogP contribution in [0, 0.1) is 0 Å². The molecule has 0 aliphatic carbocycles. The summed E-state index contributed by atoms with van der Waals surface area (Å²) in [5.41, 5.74) is 0.613. The van der Waals surface area contributed by atoms with Crippen LogP contribution < -0.4 is 4.74 Å². The first-order valence-corrected chi connectivity index (χ1v) is 6.59. The zero-order chi connectivity index (χ0) is 13.0. The number of para-hydroxylation sites is 1. The van der Waals surface area contributed by atoms with Gasteiger partial charge < -0.3 is 14.6 Å². The van der Waals surface area contributed by atoms with E-state index < -0.39 is 11.7 Å². The maximum atomic E-state index is 10.4. The van der Waals surface area contributed by atoms with Crippen molar-refractivity contribution in [3.8, 4) is 5.75 Å². The summed E-state index contributed by atoms with van der Waals surface area (Å²) in [5, 5.41) is 10.4. The van der Waals surface area contributed by atoms with Crippen molar-refractivity contribution in [3.63, 3.8) is 0 Å². The van der Waals surface area contributed by atoms with Crippen LogP contribution in [0.4, 0.5) is 0 Å². The van der Waals surface area contributed by atoms with Gasteiger partial charge in [0.2, 0.25) is 0 Å². The van der Waals surface area contributed by atoms with Crippen LogP contribution in [0.1, 0.15) is 31.7 Å². The fourth-order valence-corrected chi connectivity index (χ4v) is 2.51. The highest BCUT2D eigenvalue weighted by Crippen LogP contribution is 2.31. The minimum absolute atomic E-state index is 0.418. The number of hydrogen-bond donors (Lipinski definition) is 1. The van der Waals surface area contributed by atoms with Crippen LogP contribution in [0.3, 0.4) is 0 Å². The molecule has 3 nitrogen and oxygen atoms in total. The molecule has 2 unspecified atom stereocenters. The van der Waals surface area contributed by atoms with Crippen molar-refractivity contribution in [2.24, 2.45) is 0 Å². The number of aliphatic hydroxyl groups excluding tert-OH is 1. The summed E-state index contributed by atoms with van der Waals surface area (Å²) in [6.45, 7) is 2.76. The van der Waals surface area contributed by atoms with Gasteiger partial charge in [-0.05, 0) is 37.8 Å². The van der Waals surface area contributed by atoms with Crippen molar-refractivity contribution < 1.29 is 14.6 Å².